The number of nitrogens with two attached hydrogens (primary N) is 2. The van der Waals surface area contributed by atoms with Crippen molar-refractivity contribution in [1.82, 2.24) is 20.7 Å². The number of amides is 2. The van der Waals surface area contributed by atoms with E-state index in [2.05, 4.69) is 25.1 Å². The fourth-order valence-corrected chi connectivity index (χ4v) is 4.83. The molecule has 0 bridgehead atoms. The minimum Gasteiger partial charge on any atom is -0.490 e. The molecule has 0 saturated carbocycles. The molecule has 1 aromatic heterocycles. The maximum absolute atomic E-state index is 13.1. The number of benzene rings is 1. The van der Waals surface area contributed by atoms with E-state index in [4.69, 9.17) is 35.5 Å². The van der Waals surface area contributed by atoms with Gasteiger partial charge in [-0.1, -0.05) is 5.16 Å². The van der Waals surface area contributed by atoms with Crippen LogP contribution in [0.25, 0.3) is 5.70 Å². The number of thiazole rings is 1. The van der Waals surface area contributed by atoms with Gasteiger partial charge in [-0.05, 0) is 51.1 Å². The van der Waals surface area contributed by atoms with Crippen molar-refractivity contribution in [3.63, 3.8) is 0 Å². The van der Waals surface area contributed by atoms with Crippen LogP contribution in [0.3, 0.4) is 0 Å². The summed E-state index contributed by atoms with van der Waals surface area (Å²) in [5.74, 6) is -1.24. The van der Waals surface area contributed by atoms with Crippen LogP contribution >= 0.6 is 11.3 Å². The van der Waals surface area contributed by atoms with Gasteiger partial charge < -0.3 is 36.8 Å². The lowest BCUT2D eigenvalue weighted by Crippen LogP contribution is -3.03. The van der Waals surface area contributed by atoms with Gasteiger partial charge in [0.05, 0.1) is 11.7 Å². The van der Waals surface area contributed by atoms with Gasteiger partial charge in [0.1, 0.15) is 31.1 Å². The van der Waals surface area contributed by atoms with Crippen molar-refractivity contribution in [1.29, 1.82) is 0 Å². The number of quaternary nitrogens is 1. The summed E-state index contributed by atoms with van der Waals surface area (Å²) in [7, 11) is -3.37. The molecule has 1 aliphatic rings. The summed E-state index contributed by atoms with van der Waals surface area (Å²) in [6.07, 6.45) is 2.52. The minimum atomic E-state index is -4.95. The molecule has 1 saturated heterocycles. The number of carboxylic acid groups (broad SMARTS) is 1. The van der Waals surface area contributed by atoms with Gasteiger partial charge in [-0.2, -0.15) is 18.5 Å². The molecule has 0 spiro atoms. The first-order valence-electron chi connectivity index (χ1n) is 13.4. The van der Waals surface area contributed by atoms with E-state index in [1.807, 2.05) is 0 Å². The Morgan fingerprint density at radius 3 is 2.46 bits per heavy atom. The molecular weight excluding hydrogens is 652 g/mol. The number of β-lactam (4-membered cyclic amide) rings is 1. The van der Waals surface area contributed by atoms with E-state index in [1.165, 1.54) is 19.2 Å². The zero-order chi connectivity index (χ0) is 34.5. The van der Waals surface area contributed by atoms with E-state index < -0.39 is 33.8 Å². The molecule has 1 fully saturated rings. The average Bonchev–Trinajstić information content (AvgIpc) is 3.42. The predicted molar refractivity (Wildman–Crippen MR) is 163 cm³/mol. The Bertz CT molecular complexity index is 1500. The van der Waals surface area contributed by atoms with E-state index in [-0.39, 0.29) is 41.3 Å². The van der Waals surface area contributed by atoms with Gasteiger partial charge in [0.25, 0.3) is 18.3 Å². The Balaban J connectivity index is 0.00000236. The molecule has 19 nitrogen and oxygen atoms in total. The van der Waals surface area contributed by atoms with Gasteiger partial charge in [0, 0.05) is 17.5 Å². The monoisotopic (exact) mass is 689 g/mol. The normalized spacial score (nSPS) is 16.8. The maximum Gasteiger partial charge on any atom is 0.418 e. The van der Waals surface area contributed by atoms with Crippen molar-refractivity contribution in [2.45, 2.75) is 31.8 Å². The second-order valence-electron chi connectivity index (χ2n) is 9.76. The zero-order valence-corrected chi connectivity index (χ0v) is 26.7. The topological polar surface area (TPSA) is 283 Å². The Morgan fingerprint density at radius 1 is 1.28 bits per heavy atom. The SMILES string of the molecule is C[NH+](O)/C(=C\NCCCN)c1ccc(OCCO/N=C(\C(=O)NC2C(=O)N(OS(=O)(=O)O)C2(C)C)c2csc(N)n2)cc1.O=CO. The Labute approximate surface area is 268 Å². The summed E-state index contributed by atoms with van der Waals surface area (Å²) in [6, 6.07) is 5.80. The van der Waals surface area contributed by atoms with Crippen LogP contribution in [0, 0.1) is 0 Å². The van der Waals surface area contributed by atoms with Crippen LogP contribution < -0.4 is 31.9 Å². The third-order valence-corrected chi connectivity index (χ3v) is 7.04. The first-order chi connectivity index (χ1) is 21.7. The van der Waals surface area contributed by atoms with Gasteiger partial charge in [-0.15, -0.1) is 15.6 Å². The van der Waals surface area contributed by atoms with Gasteiger partial charge in [0.15, 0.2) is 23.1 Å². The van der Waals surface area contributed by atoms with Crippen molar-refractivity contribution in [2.24, 2.45) is 10.9 Å². The number of anilines is 1. The molecule has 1 aliphatic heterocycles. The smallest absolute Gasteiger partial charge is 0.418 e. The lowest BCUT2D eigenvalue weighted by molar-refractivity contribution is -1.01. The number of hydrogen-bond donors (Lipinski definition) is 8. The molecule has 0 aliphatic carbocycles. The number of nitrogens with zero attached hydrogens (tertiary/aromatic N) is 3. The van der Waals surface area contributed by atoms with Crippen molar-refractivity contribution < 1.29 is 56.6 Å². The lowest BCUT2D eigenvalue weighted by Gasteiger charge is -2.50. The van der Waals surface area contributed by atoms with Crippen LogP contribution in [0.1, 0.15) is 31.5 Å². The van der Waals surface area contributed by atoms with Gasteiger partial charge in [-0.25, -0.2) is 10.2 Å². The van der Waals surface area contributed by atoms with Crippen LogP contribution in [0.4, 0.5) is 5.13 Å². The molecule has 2 aromatic rings. The van der Waals surface area contributed by atoms with Crippen molar-refractivity contribution in [2.75, 3.05) is 39.1 Å². The number of carbonyl (C=O) groups excluding carboxylic acids is 2. The predicted octanol–water partition coefficient (Wildman–Crippen LogP) is -1.79. The molecule has 10 N–H and O–H groups in total. The van der Waals surface area contributed by atoms with E-state index in [1.54, 1.807) is 37.5 Å². The minimum absolute atomic E-state index is 0.0571. The quantitative estimate of drug-likeness (QED) is 0.0241. The highest BCUT2D eigenvalue weighted by Crippen LogP contribution is 2.33. The molecule has 1 aromatic carbocycles. The van der Waals surface area contributed by atoms with Crippen LogP contribution in [0.2, 0.25) is 0 Å². The number of rotatable bonds is 16. The van der Waals surface area contributed by atoms with Gasteiger partial charge in [0.2, 0.25) is 0 Å². The number of aromatic nitrogens is 1. The van der Waals surface area contributed by atoms with E-state index >= 15 is 0 Å². The number of ether oxygens (including phenoxy) is 1. The molecule has 46 heavy (non-hydrogen) atoms. The summed E-state index contributed by atoms with van der Waals surface area (Å²) in [5, 5.41) is 28.6. The number of hydrogen-bond acceptors (Lipinski definition) is 15. The second kappa shape index (κ2) is 17.4. The summed E-state index contributed by atoms with van der Waals surface area (Å²) in [6.45, 7) is 3.82. The molecule has 2 atom stereocenters. The summed E-state index contributed by atoms with van der Waals surface area (Å²) < 4.78 is 40.9. The molecule has 21 heteroatoms. The highest BCUT2D eigenvalue weighted by molar-refractivity contribution is 7.80. The number of nitrogen functional groups attached to an aromatic ring is 1. The molecule has 0 radical (unpaired) electrons. The summed E-state index contributed by atoms with van der Waals surface area (Å²) >= 11 is 1.05. The van der Waals surface area contributed by atoms with Crippen LogP contribution in [-0.4, -0.2) is 102 Å². The molecule has 2 heterocycles. The van der Waals surface area contributed by atoms with E-state index in [0.717, 1.165) is 23.3 Å². The summed E-state index contributed by atoms with van der Waals surface area (Å²) in [4.78, 5) is 43.2. The zero-order valence-electron chi connectivity index (χ0n) is 25.1. The van der Waals surface area contributed by atoms with Crippen molar-refractivity contribution in [3.05, 3.63) is 47.1 Å². The second-order valence-corrected chi connectivity index (χ2v) is 11.7. The molecule has 3 rings (SSSR count). The maximum atomic E-state index is 13.1. The van der Waals surface area contributed by atoms with Gasteiger partial charge >= 0.3 is 10.4 Å². The Morgan fingerprint density at radius 2 is 1.93 bits per heavy atom. The molecule has 2 amide bonds. The van der Waals surface area contributed by atoms with Gasteiger partial charge in [-0.3, -0.25) is 18.9 Å². The number of oxime groups is 1. The molecule has 254 valence electrons. The average molecular weight is 690 g/mol. The first-order valence-corrected chi connectivity index (χ1v) is 15.6. The Kier molecular flexibility index (Phi) is 14.3. The highest BCUT2D eigenvalue weighted by Gasteiger charge is 2.58. The number of nitrogens with one attached hydrogen (secondary N) is 3. The summed E-state index contributed by atoms with van der Waals surface area (Å²) in [5.41, 5.74) is 11.1. The van der Waals surface area contributed by atoms with Crippen LogP contribution in [0.15, 0.2) is 41.0 Å². The third kappa shape index (κ3) is 10.9. The first kappa shape index (κ1) is 37.8. The third-order valence-electron chi connectivity index (χ3n) is 6.03. The van der Waals surface area contributed by atoms with E-state index in [9.17, 15) is 23.2 Å². The van der Waals surface area contributed by atoms with E-state index in [0.29, 0.717) is 29.6 Å². The fourth-order valence-electron chi connectivity index (χ4n) is 3.83. The van der Waals surface area contributed by atoms with Crippen LogP contribution in [0.5, 0.6) is 5.75 Å². The highest BCUT2D eigenvalue weighted by atomic mass is 32.3. The standard InChI is InChI=1S/C24H34N8O9S2.CH2O2/c1-24(2)20(22(34)32(24)41-43(36,37)38)29-21(33)19(17-14-42-23(26)28-17)30-40-12-11-39-16-7-5-15(6-8-16)18(31(3)35)13-27-10-4-9-25;2-1-3/h5-8,13-14,20,27,35H,4,9-12,25H2,1-3H3,(H2,26,28)(H,29,33)(H,36,37,38);1H,(H,2,3)/p+1/b18-13-,30-19-;. The molecular formula is C25H37N8O11S2+. The lowest BCUT2D eigenvalue weighted by atomic mass is 9.84. The Hall–Kier alpha value is -4.38. The largest absolute Gasteiger partial charge is 0.490 e. The number of hydroxylamine groups is 4. The molecule has 2 unspecified atom stereocenters. The van der Waals surface area contributed by atoms with Crippen molar-refractivity contribution in [3.8, 4) is 5.75 Å². The van der Waals surface area contributed by atoms with Crippen LogP contribution in [-0.2, 0) is 33.9 Å². The van der Waals surface area contributed by atoms with Crippen molar-refractivity contribution >= 4 is 56.6 Å². The fraction of sp³-hybridized carbons (Fsp3) is 0.400. The number of carbonyl (C=O) groups is 3.